The Bertz CT molecular complexity index is 847. The van der Waals surface area contributed by atoms with Gasteiger partial charge in [-0.1, -0.05) is 31.9 Å². The fourth-order valence-electron chi connectivity index (χ4n) is 5.25. The number of benzene rings is 1. The number of imidazole rings is 1. The summed E-state index contributed by atoms with van der Waals surface area (Å²) in [5, 5.41) is 3.75. The fourth-order valence-corrected chi connectivity index (χ4v) is 5.25. The van der Waals surface area contributed by atoms with E-state index in [0.717, 1.165) is 37.8 Å². The summed E-state index contributed by atoms with van der Waals surface area (Å²) in [6, 6.07) is 9.05. The minimum absolute atomic E-state index is 0. The van der Waals surface area contributed by atoms with Gasteiger partial charge < -0.3 is 19.5 Å². The first kappa shape index (κ1) is 23.9. The van der Waals surface area contributed by atoms with E-state index in [9.17, 15) is 0 Å². The van der Waals surface area contributed by atoms with E-state index in [1.807, 2.05) is 25.6 Å². The van der Waals surface area contributed by atoms with Gasteiger partial charge >= 0.3 is 0 Å². The van der Waals surface area contributed by atoms with E-state index in [1.165, 1.54) is 31.2 Å². The summed E-state index contributed by atoms with van der Waals surface area (Å²) in [5.74, 6) is 2.59. The highest BCUT2D eigenvalue weighted by molar-refractivity contribution is 14.0. The highest BCUT2D eigenvalue weighted by Crippen LogP contribution is 2.41. The lowest BCUT2D eigenvalue weighted by atomic mass is 9.78. The largest absolute Gasteiger partial charge is 0.497 e. The van der Waals surface area contributed by atoms with Crippen LogP contribution in [-0.2, 0) is 5.41 Å². The zero-order chi connectivity index (χ0) is 21.0. The normalized spacial score (nSPS) is 23.3. The number of likely N-dealkylation sites (tertiary alicyclic amines) is 1. The number of rotatable bonds is 5. The molecule has 2 aromatic rings. The van der Waals surface area contributed by atoms with Gasteiger partial charge in [-0.25, -0.2) is 4.98 Å². The Kier molecular flexibility index (Phi) is 8.24. The predicted octanol–water partition coefficient (Wildman–Crippen LogP) is 4.48. The Morgan fingerprint density at radius 1 is 1.32 bits per heavy atom. The number of methoxy groups -OCH3 is 1. The standard InChI is InChI=1S/C24H35N5O.HI/c1-19-9-13-28(16-22(19)29-14-12-26-18-29)23(25-2)27-17-24(10-4-5-11-24)20-7-6-8-21(15-20)30-3;/h6-8,12,14-15,18-19,22H,4-5,9-11,13,16-17H2,1-3H3,(H,25,27);1H. The number of nitrogens with one attached hydrogen (secondary N) is 1. The molecule has 0 radical (unpaired) electrons. The van der Waals surface area contributed by atoms with Crippen LogP contribution >= 0.6 is 24.0 Å². The molecule has 0 amide bonds. The number of piperidine rings is 1. The minimum atomic E-state index is 0. The monoisotopic (exact) mass is 537 g/mol. The Hall–Kier alpha value is -1.77. The second kappa shape index (κ2) is 10.7. The van der Waals surface area contributed by atoms with E-state index in [1.54, 1.807) is 7.11 Å². The van der Waals surface area contributed by atoms with E-state index < -0.39 is 0 Å². The van der Waals surface area contributed by atoms with Crippen LogP contribution in [0, 0.1) is 5.92 Å². The molecule has 2 fully saturated rings. The van der Waals surface area contributed by atoms with Gasteiger partial charge in [0.1, 0.15) is 5.75 Å². The number of nitrogens with zero attached hydrogens (tertiary/aromatic N) is 4. The molecule has 0 spiro atoms. The van der Waals surface area contributed by atoms with E-state index in [2.05, 4.69) is 56.1 Å². The summed E-state index contributed by atoms with van der Waals surface area (Å²) < 4.78 is 7.75. The molecule has 1 aliphatic carbocycles. The van der Waals surface area contributed by atoms with Crippen molar-refractivity contribution < 1.29 is 4.74 Å². The van der Waals surface area contributed by atoms with Gasteiger partial charge in [-0.3, -0.25) is 4.99 Å². The molecule has 31 heavy (non-hydrogen) atoms. The molecule has 1 N–H and O–H groups in total. The molecule has 1 aromatic carbocycles. The zero-order valence-electron chi connectivity index (χ0n) is 19.0. The number of halogens is 1. The topological polar surface area (TPSA) is 54.7 Å². The molecule has 1 aromatic heterocycles. The fraction of sp³-hybridized carbons (Fsp3) is 0.583. The number of ether oxygens (including phenoxy) is 1. The van der Waals surface area contributed by atoms with Gasteiger partial charge in [0, 0.05) is 44.5 Å². The molecule has 7 heteroatoms. The van der Waals surface area contributed by atoms with Gasteiger partial charge in [0.15, 0.2) is 5.96 Å². The Balaban J connectivity index is 0.00000272. The van der Waals surface area contributed by atoms with Crippen molar-refractivity contribution in [1.82, 2.24) is 19.8 Å². The molecule has 4 rings (SSSR count). The third-order valence-corrected chi connectivity index (χ3v) is 7.17. The van der Waals surface area contributed by atoms with Crippen molar-refractivity contribution in [3.63, 3.8) is 0 Å². The van der Waals surface area contributed by atoms with Crippen LogP contribution in [0.15, 0.2) is 48.0 Å². The molecule has 1 aliphatic heterocycles. The van der Waals surface area contributed by atoms with Crippen LogP contribution in [0.5, 0.6) is 5.75 Å². The van der Waals surface area contributed by atoms with Crippen molar-refractivity contribution >= 4 is 29.9 Å². The van der Waals surface area contributed by atoms with Crippen LogP contribution in [0.2, 0.25) is 0 Å². The molecule has 1 saturated heterocycles. The molecule has 1 saturated carbocycles. The maximum atomic E-state index is 5.50. The molecular formula is C24H36IN5O. The third-order valence-electron chi connectivity index (χ3n) is 7.17. The number of aromatic nitrogens is 2. The molecule has 170 valence electrons. The van der Waals surface area contributed by atoms with E-state index in [0.29, 0.717) is 12.0 Å². The molecule has 2 aliphatic rings. The van der Waals surface area contributed by atoms with Crippen molar-refractivity contribution in [2.24, 2.45) is 10.9 Å². The second-order valence-electron chi connectivity index (χ2n) is 8.91. The van der Waals surface area contributed by atoms with Gasteiger partial charge in [-0.05, 0) is 42.9 Å². The average molecular weight is 537 g/mol. The summed E-state index contributed by atoms with van der Waals surface area (Å²) >= 11 is 0. The van der Waals surface area contributed by atoms with Crippen LogP contribution in [0.3, 0.4) is 0 Å². The summed E-state index contributed by atoms with van der Waals surface area (Å²) in [6.07, 6.45) is 12.0. The van der Waals surface area contributed by atoms with Gasteiger partial charge in [-0.2, -0.15) is 0 Å². The summed E-state index contributed by atoms with van der Waals surface area (Å²) in [4.78, 5) is 11.3. The second-order valence-corrected chi connectivity index (χ2v) is 8.91. The predicted molar refractivity (Wildman–Crippen MR) is 137 cm³/mol. The van der Waals surface area contributed by atoms with E-state index in [4.69, 9.17) is 4.74 Å². The maximum Gasteiger partial charge on any atom is 0.193 e. The van der Waals surface area contributed by atoms with Crippen molar-refractivity contribution in [3.8, 4) is 5.75 Å². The van der Waals surface area contributed by atoms with E-state index in [-0.39, 0.29) is 29.4 Å². The molecule has 2 heterocycles. The Labute approximate surface area is 203 Å². The molecule has 2 atom stereocenters. The van der Waals surface area contributed by atoms with Crippen LogP contribution in [0.25, 0.3) is 0 Å². The highest BCUT2D eigenvalue weighted by atomic mass is 127. The van der Waals surface area contributed by atoms with Crippen LogP contribution in [0.1, 0.15) is 50.6 Å². The highest BCUT2D eigenvalue weighted by Gasteiger charge is 2.37. The van der Waals surface area contributed by atoms with Crippen LogP contribution < -0.4 is 10.1 Å². The van der Waals surface area contributed by atoms with Crippen LogP contribution in [0.4, 0.5) is 0 Å². The third kappa shape index (κ3) is 5.18. The lowest BCUT2D eigenvalue weighted by Crippen LogP contribution is -2.51. The molecule has 0 bridgehead atoms. The zero-order valence-corrected chi connectivity index (χ0v) is 21.3. The van der Waals surface area contributed by atoms with Gasteiger partial charge in [0.05, 0.1) is 19.5 Å². The first-order valence-electron chi connectivity index (χ1n) is 11.2. The lowest BCUT2D eigenvalue weighted by molar-refractivity contribution is 0.188. The summed E-state index contributed by atoms with van der Waals surface area (Å²) in [6.45, 7) is 5.25. The average Bonchev–Trinajstić information content (AvgIpc) is 3.48. The SMILES string of the molecule is CN=C(NCC1(c2cccc(OC)c2)CCCC1)N1CCC(C)C(n2ccnc2)C1.I. The first-order chi connectivity index (χ1) is 14.6. The van der Waals surface area contributed by atoms with Crippen molar-refractivity contribution in [3.05, 3.63) is 48.5 Å². The Morgan fingerprint density at radius 2 is 2.13 bits per heavy atom. The molecule has 6 nitrogen and oxygen atoms in total. The smallest absolute Gasteiger partial charge is 0.193 e. The van der Waals surface area contributed by atoms with Crippen molar-refractivity contribution in [2.75, 3.05) is 33.8 Å². The number of aliphatic imine (C=N–C) groups is 1. The summed E-state index contributed by atoms with van der Waals surface area (Å²) in [7, 11) is 3.65. The lowest BCUT2D eigenvalue weighted by Gasteiger charge is -2.40. The van der Waals surface area contributed by atoms with Gasteiger partial charge in [-0.15, -0.1) is 24.0 Å². The first-order valence-corrected chi connectivity index (χ1v) is 11.2. The van der Waals surface area contributed by atoms with Crippen molar-refractivity contribution in [1.29, 1.82) is 0 Å². The number of hydrogen-bond donors (Lipinski definition) is 1. The summed E-state index contributed by atoms with van der Waals surface area (Å²) in [5.41, 5.74) is 1.53. The van der Waals surface area contributed by atoms with Crippen LogP contribution in [-0.4, -0.2) is 54.2 Å². The number of hydrogen-bond acceptors (Lipinski definition) is 3. The molecule has 2 unspecified atom stereocenters. The van der Waals surface area contributed by atoms with Crippen molar-refractivity contribution in [2.45, 2.75) is 50.5 Å². The van der Waals surface area contributed by atoms with Gasteiger partial charge in [0.25, 0.3) is 0 Å². The number of guanidine groups is 1. The van der Waals surface area contributed by atoms with Gasteiger partial charge in [0.2, 0.25) is 0 Å². The quantitative estimate of drug-likeness (QED) is 0.347. The Morgan fingerprint density at radius 3 is 2.81 bits per heavy atom. The minimum Gasteiger partial charge on any atom is -0.497 e. The van der Waals surface area contributed by atoms with E-state index >= 15 is 0 Å². The maximum absolute atomic E-state index is 5.50. The molecular weight excluding hydrogens is 501 g/mol.